The van der Waals surface area contributed by atoms with Gasteiger partial charge >= 0.3 is 0 Å². The molecule has 1 unspecified atom stereocenters. The van der Waals surface area contributed by atoms with E-state index in [1.54, 1.807) is 27.9 Å². The van der Waals surface area contributed by atoms with Gasteiger partial charge in [0.15, 0.2) is 11.6 Å². The first-order valence-corrected chi connectivity index (χ1v) is 12.9. The largest absolute Gasteiger partial charge is 0.347 e. The van der Waals surface area contributed by atoms with Gasteiger partial charge in [-0.05, 0) is 49.2 Å². The van der Waals surface area contributed by atoms with Crippen LogP contribution in [0.3, 0.4) is 0 Å². The number of likely N-dealkylation sites (tertiary alicyclic amines) is 2. The number of aromatic nitrogens is 3. The van der Waals surface area contributed by atoms with E-state index < -0.39 is 5.79 Å². The van der Waals surface area contributed by atoms with Crippen LogP contribution in [0.4, 0.5) is 4.39 Å². The Hall–Kier alpha value is -3.50. The number of nitrogens with zero attached hydrogens (tertiary/aromatic N) is 5. The average Bonchev–Trinajstić information content (AvgIpc) is 3.70. The van der Waals surface area contributed by atoms with Crippen molar-refractivity contribution in [2.45, 2.75) is 31.5 Å². The van der Waals surface area contributed by atoms with Crippen LogP contribution in [0.5, 0.6) is 0 Å². The first-order chi connectivity index (χ1) is 18.0. The van der Waals surface area contributed by atoms with E-state index in [0.717, 1.165) is 12.8 Å². The normalized spacial score (nSPS) is 21.5. The van der Waals surface area contributed by atoms with Gasteiger partial charge in [0.1, 0.15) is 11.4 Å². The van der Waals surface area contributed by atoms with Gasteiger partial charge in [-0.3, -0.25) is 9.59 Å². The summed E-state index contributed by atoms with van der Waals surface area (Å²) in [6.07, 6.45) is 8.12. The highest BCUT2D eigenvalue weighted by Crippen LogP contribution is 2.33. The van der Waals surface area contributed by atoms with Crippen molar-refractivity contribution in [1.82, 2.24) is 24.1 Å². The molecule has 3 saturated heterocycles. The first kappa shape index (κ1) is 23.9. The van der Waals surface area contributed by atoms with E-state index in [4.69, 9.17) is 9.47 Å². The van der Waals surface area contributed by atoms with Crippen molar-refractivity contribution in [3.63, 3.8) is 0 Å². The predicted octanol–water partition coefficient (Wildman–Crippen LogP) is 3.02. The van der Waals surface area contributed by atoms with Crippen molar-refractivity contribution >= 4 is 11.8 Å². The lowest BCUT2D eigenvalue weighted by Crippen LogP contribution is -2.51. The predicted molar refractivity (Wildman–Crippen MR) is 132 cm³/mol. The van der Waals surface area contributed by atoms with Crippen LogP contribution in [0.1, 0.15) is 36.0 Å². The van der Waals surface area contributed by atoms with Gasteiger partial charge in [0.25, 0.3) is 5.91 Å². The molecule has 0 aliphatic carbocycles. The maximum absolute atomic E-state index is 13.8. The van der Waals surface area contributed by atoms with Gasteiger partial charge in [0.2, 0.25) is 5.91 Å². The lowest BCUT2D eigenvalue weighted by molar-refractivity contribution is -0.188. The minimum atomic E-state index is -0.523. The lowest BCUT2D eigenvalue weighted by atomic mass is 9.94. The third-order valence-corrected chi connectivity index (χ3v) is 7.60. The molecule has 2 aromatic heterocycles. The van der Waals surface area contributed by atoms with Crippen molar-refractivity contribution < 1.29 is 23.5 Å². The molecule has 3 aliphatic rings. The summed E-state index contributed by atoms with van der Waals surface area (Å²) in [7, 11) is 0. The molecule has 2 amide bonds. The summed E-state index contributed by atoms with van der Waals surface area (Å²) in [5.41, 5.74) is 1.08. The Kier molecular flexibility index (Phi) is 6.29. The number of carbonyl (C=O) groups excluding carboxylic acids is 2. The number of benzene rings is 1. The lowest BCUT2D eigenvalue weighted by Gasteiger charge is -2.40. The zero-order chi connectivity index (χ0) is 25.4. The van der Waals surface area contributed by atoms with Crippen LogP contribution in [0.15, 0.2) is 55.0 Å². The molecule has 37 heavy (non-hydrogen) atoms. The molecule has 1 spiro atoms. The molecule has 0 bridgehead atoms. The smallest absolute Gasteiger partial charge is 0.259 e. The van der Waals surface area contributed by atoms with Gasteiger partial charge in [0.05, 0.1) is 31.0 Å². The van der Waals surface area contributed by atoms with E-state index >= 15 is 0 Å². The highest BCUT2D eigenvalue weighted by Gasteiger charge is 2.42. The van der Waals surface area contributed by atoms with Crippen molar-refractivity contribution in [2.75, 3.05) is 39.4 Å². The molecule has 194 valence electrons. The molecule has 3 aromatic rings. The zero-order valence-corrected chi connectivity index (χ0v) is 20.6. The van der Waals surface area contributed by atoms with E-state index in [-0.39, 0.29) is 23.5 Å². The molecular weight excluding hydrogens is 477 g/mol. The quantitative estimate of drug-likeness (QED) is 0.542. The fourth-order valence-corrected chi connectivity index (χ4v) is 5.63. The summed E-state index contributed by atoms with van der Waals surface area (Å²) in [5, 5.41) is 4.48. The van der Waals surface area contributed by atoms with Crippen molar-refractivity contribution in [3.8, 4) is 11.5 Å². The van der Waals surface area contributed by atoms with Gasteiger partial charge in [-0.1, -0.05) is 0 Å². The number of hydrogen-bond acceptors (Lipinski definition) is 5. The summed E-state index contributed by atoms with van der Waals surface area (Å²) < 4.78 is 28.6. The molecule has 1 atom stereocenters. The van der Waals surface area contributed by atoms with Crippen molar-refractivity contribution in [1.29, 1.82) is 0 Å². The number of amides is 2. The Balaban J connectivity index is 1.20. The standard InChI is InChI=1S/C27H30FN5O4/c28-21-5-7-22(8-6-21)33-24(30-11-1-2-12-30)23(18-29-33)26(35)32-13-3-4-20(19-32)25(34)31-14-9-27(10-15-31)36-16-17-37-27/h1-2,5-8,11-12,18,20H,3-4,9-10,13-17,19H2. The van der Waals surface area contributed by atoms with Gasteiger partial charge in [-0.15, -0.1) is 0 Å². The summed E-state index contributed by atoms with van der Waals surface area (Å²) in [6.45, 7) is 3.38. The Morgan fingerprint density at radius 3 is 2.38 bits per heavy atom. The molecule has 1 aromatic carbocycles. The maximum atomic E-state index is 13.8. The van der Waals surface area contributed by atoms with Crippen molar-refractivity contribution in [3.05, 3.63) is 66.4 Å². The number of halogens is 1. The average molecular weight is 508 g/mol. The second-order valence-electron chi connectivity index (χ2n) is 9.88. The molecule has 3 fully saturated rings. The van der Waals surface area contributed by atoms with E-state index in [1.165, 1.54) is 12.1 Å². The SMILES string of the molecule is O=C(c1cnn(-c2ccc(F)cc2)c1-n1cccc1)N1CCCC(C(=O)N2CCC3(CC2)OCCO3)C1. The Morgan fingerprint density at radius 2 is 1.68 bits per heavy atom. The molecule has 10 heteroatoms. The second-order valence-corrected chi connectivity index (χ2v) is 9.88. The monoisotopic (exact) mass is 507 g/mol. The number of carbonyl (C=O) groups is 2. The highest BCUT2D eigenvalue weighted by molar-refractivity contribution is 5.97. The van der Waals surface area contributed by atoms with Crippen LogP contribution in [0, 0.1) is 11.7 Å². The molecule has 0 N–H and O–H groups in total. The van der Waals surface area contributed by atoms with Crippen molar-refractivity contribution in [2.24, 2.45) is 5.92 Å². The molecular formula is C27H30FN5O4. The minimum Gasteiger partial charge on any atom is -0.347 e. The minimum absolute atomic E-state index is 0.0954. The zero-order valence-electron chi connectivity index (χ0n) is 20.6. The Morgan fingerprint density at radius 1 is 0.973 bits per heavy atom. The second kappa shape index (κ2) is 9.75. The summed E-state index contributed by atoms with van der Waals surface area (Å²) >= 11 is 0. The summed E-state index contributed by atoms with van der Waals surface area (Å²) in [6, 6.07) is 9.73. The molecule has 3 aliphatic heterocycles. The number of hydrogen-bond donors (Lipinski definition) is 0. The number of rotatable bonds is 4. The fraction of sp³-hybridized carbons (Fsp3) is 0.444. The number of ether oxygens (including phenoxy) is 2. The van der Waals surface area contributed by atoms with E-state index in [2.05, 4.69) is 5.10 Å². The van der Waals surface area contributed by atoms with Crippen LogP contribution in [0.25, 0.3) is 11.5 Å². The Labute approximate surface area is 214 Å². The topological polar surface area (TPSA) is 81.8 Å². The van der Waals surface area contributed by atoms with Gasteiger partial charge in [-0.25, -0.2) is 9.07 Å². The van der Waals surface area contributed by atoms with Crippen LogP contribution in [0.2, 0.25) is 0 Å². The molecule has 9 nitrogen and oxygen atoms in total. The third-order valence-electron chi connectivity index (χ3n) is 7.60. The van der Waals surface area contributed by atoms with E-state index in [0.29, 0.717) is 69.3 Å². The molecule has 0 radical (unpaired) electrons. The fourth-order valence-electron chi connectivity index (χ4n) is 5.63. The highest BCUT2D eigenvalue weighted by atomic mass is 19.1. The van der Waals surface area contributed by atoms with Crippen LogP contribution >= 0.6 is 0 Å². The van der Waals surface area contributed by atoms with Crippen LogP contribution in [-0.2, 0) is 14.3 Å². The van der Waals surface area contributed by atoms with E-state index in [1.807, 2.05) is 34.0 Å². The summed E-state index contributed by atoms with van der Waals surface area (Å²) in [5.74, 6) is -0.596. The molecule has 5 heterocycles. The van der Waals surface area contributed by atoms with Crippen LogP contribution in [-0.4, -0.2) is 81.1 Å². The van der Waals surface area contributed by atoms with E-state index in [9.17, 15) is 14.0 Å². The first-order valence-electron chi connectivity index (χ1n) is 12.9. The van der Waals surface area contributed by atoms with Gasteiger partial charge < -0.3 is 23.8 Å². The molecule has 6 rings (SSSR count). The Bertz CT molecular complexity index is 1260. The third kappa shape index (κ3) is 4.55. The number of piperidine rings is 2. The maximum Gasteiger partial charge on any atom is 0.259 e. The van der Waals surface area contributed by atoms with Crippen LogP contribution < -0.4 is 0 Å². The van der Waals surface area contributed by atoms with Gasteiger partial charge in [-0.2, -0.15) is 5.10 Å². The van der Waals surface area contributed by atoms with Gasteiger partial charge in [0, 0.05) is 51.4 Å². The molecule has 0 saturated carbocycles. The summed E-state index contributed by atoms with van der Waals surface area (Å²) in [4.78, 5) is 30.8.